The van der Waals surface area contributed by atoms with E-state index in [0.29, 0.717) is 0 Å². The van der Waals surface area contributed by atoms with E-state index < -0.39 is 0 Å². The molecule has 0 saturated carbocycles. The maximum absolute atomic E-state index is 6.39. The summed E-state index contributed by atoms with van der Waals surface area (Å²) in [4.78, 5) is 0. The highest BCUT2D eigenvalue weighted by Gasteiger charge is 2.10. The molecule has 0 unspecified atom stereocenters. The van der Waals surface area contributed by atoms with Crippen LogP contribution in [-0.2, 0) is 0 Å². The van der Waals surface area contributed by atoms with E-state index in [4.69, 9.17) is 16.3 Å². The fourth-order valence-corrected chi connectivity index (χ4v) is 2.64. The van der Waals surface area contributed by atoms with Crippen LogP contribution in [0.5, 0.6) is 5.75 Å². The van der Waals surface area contributed by atoms with Crippen molar-refractivity contribution in [1.82, 2.24) is 0 Å². The molecule has 0 aliphatic heterocycles. The zero-order valence-electron chi connectivity index (χ0n) is 10.6. The van der Waals surface area contributed by atoms with Gasteiger partial charge in [-0.2, -0.15) is 0 Å². The van der Waals surface area contributed by atoms with Crippen molar-refractivity contribution in [2.75, 3.05) is 7.11 Å². The molecular formula is C17H13ClO. The van der Waals surface area contributed by atoms with Gasteiger partial charge in [0.2, 0.25) is 0 Å². The van der Waals surface area contributed by atoms with Crippen molar-refractivity contribution in [2.45, 2.75) is 0 Å². The fourth-order valence-electron chi connectivity index (χ4n) is 2.37. The molecule has 0 radical (unpaired) electrons. The Morgan fingerprint density at radius 1 is 0.842 bits per heavy atom. The van der Waals surface area contributed by atoms with Gasteiger partial charge in [-0.05, 0) is 23.3 Å². The summed E-state index contributed by atoms with van der Waals surface area (Å²) < 4.78 is 5.41. The quantitative estimate of drug-likeness (QED) is 0.623. The van der Waals surface area contributed by atoms with Crippen molar-refractivity contribution in [2.24, 2.45) is 0 Å². The third-order valence-corrected chi connectivity index (χ3v) is 3.57. The van der Waals surface area contributed by atoms with Crippen molar-refractivity contribution in [1.29, 1.82) is 0 Å². The molecule has 3 aromatic carbocycles. The summed E-state index contributed by atoms with van der Waals surface area (Å²) in [5, 5.41) is 2.82. The Balaban J connectivity index is 2.38. The topological polar surface area (TPSA) is 9.23 Å². The van der Waals surface area contributed by atoms with Crippen molar-refractivity contribution >= 4 is 22.4 Å². The first-order chi connectivity index (χ1) is 9.31. The summed E-state index contributed by atoms with van der Waals surface area (Å²) in [6.45, 7) is 0. The molecule has 0 N–H and O–H groups in total. The molecule has 0 saturated heterocycles. The molecule has 0 aromatic heterocycles. The van der Waals surface area contributed by atoms with Crippen molar-refractivity contribution in [3.63, 3.8) is 0 Å². The third-order valence-electron chi connectivity index (χ3n) is 3.25. The number of ether oxygens (including phenoxy) is 1. The first-order valence-corrected chi connectivity index (χ1v) is 6.49. The Bertz CT molecular complexity index is 720. The van der Waals surface area contributed by atoms with Crippen molar-refractivity contribution in [3.05, 3.63) is 65.7 Å². The molecule has 19 heavy (non-hydrogen) atoms. The van der Waals surface area contributed by atoms with E-state index in [1.165, 1.54) is 0 Å². The second-order valence-electron chi connectivity index (χ2n) is 4.34. The van der Waals surface area contributed by atoms with E-state index in [9.17, 15) is 0 Å². The number of hydrogen-bond donors (Lipinski definition) is 0. The lowest BCUT2D eigenvalue weighted by Gasteiger charge is -2.11. The smallest absolute Gasteiger partial charge is 0.126 e. The van der Waals surface area contributed by atoms with Crippen LogP contribution in [0.25, 0.3) is 21.9 Å². The molecule has 0 aliphatic carbocycles. The van der Waals surface area contributed by atoms with Gasteiger partial charge in [0.15, 0.2) is 0 Å². The minimum absolute atomic E-state index is 0.746. The van der Waals surface area contributed by atoms with Crippen LogP contribution in [0.1, 0.15) is 0 Å². The van der Waals surface area contributed by atoms with Gasteiger partial charge in [-0.1, -0.05) is 60.1 Å². The maximum atomic E-state index is 6.39. The summed E-state index contributed by atoms with van der Waals surface area (Å²) in [5.74, 6) is 0.845. The monoisotopic (exact) mass is 268 g/mol. The first-order valence-electron chi connectivity index (χ1n) is 6.12. The van der Waals surface area contributed by atoms with Crippen molar-refractivity contribution in [3.8, 4) is 16.9 Å². The molecule has 94 valence electrons. The van der Waals surface area contributed by atoms with Gasteiger partial charge in [-0.15, -0.1) is 0 Å². The highest BCUT2D eigenvalue weighted by atomic mass is 35.5. The lowest BCUT2D eigenvalue weighted by Crippen LogP contribution is -1.88. The Kier molecular flexibility index (Phi) is 3.14. The van der Waals surface area contributed by atoms with E-state index in [-0.39, 0.29) is 0 Å². The number of methoxy groups -OCH3 is 1. The first kappa shape index (κ1) is 12.1. The fraction of sp³-hybridized carbons (Fsp3) is 0.0588. The summed E-state index contributed by atoms with van der Waals surface area (Å²) >= 11 is 6.39. The number of halogens is 1. The van der Waals surface area contributed by atoms with Crippen LogP contribution >= 0.6 is 11.6 Å². The molecule has 2 heteroatoms. The Labute approximate surface area is 117 Å². The van der Waals surface area contributed by atoms with Gasteiger partial charge in [-0.3, -0.25) is 0 Å². The van der Waals surface area contributed by atoms with Crippen LogP contribution in [0.2, 0.25) is 5.02 Å². The molecule has 3 aromatic rings. The van der Waals surface area contributed by atoms with Crippen LogP contribution in [-0.4, -0.2) is 7.11 Å². The molecule has 3 rings (SSSR count). The molecule has 0 spiro atoms. The molecule has 1 nitrogen and oxygen atoms in total. The molecular weight excluding hydrogens is 256 g/mol. The Morgan fingerprint density at radius 2 is 1.63 bits per heavy atom. The number of fused-ring (bicyclic) bond motifs is 1. The zero-order valence-corrected chi connectivity index (χ0v) is 11.3. The van der Waals surface area contributed by atoms with Crippen molar-refractivity contribution < 1.29 is 4.74 Å². The summed E-state index contributed by atoms with van der Waals surface area (Å²) in [7, 11) is 1.68. The largest absolute Gasteiger partial charge is 0.496 e. The summed E-state index contributed by atoms with van der Waals surface area (Å²) in [6.07, 6.45) is 0. The van der Waals surface area contributed by atoms with E-state index in [1.54, 1.807) is 7.11 Å². The molecule has 0 aliphatic rings. The third kappa shape index (κ3) is 2.06. The Morgan fingerprint density at radius 3 is 2.37 bits per heavy atom. The van der Waals surface area contributed by atoms with Gasteiger partial charge in [0.25, 0.3) is 0 Å². The lowest BCUT2D eigenvalue weighted by atomic mass is 9.98. The summed E-state index contributed by atoms with van der Waals surface area (Å²) in [5.41, 5.74) is 2.28. The van der Waals surface area contributed by atoms with Crippen LogP contribution in [0, 0.1) is 0 Å². The van der Waals surface area contributed by atoms with E-state index in [1.807, 2.05) is 42.5 Å². The number of hydrogen-bond acceptors (Lipinski definition) is 1. The standard InChI is InChI=1S/C17H13ClO/c1-19-16-11-10-15(18)17-13(8-5-9-14(16)17)12-6-3-2-4-7-12/h2-11H,1H3. The van der Waals surface area contributed by atoms with Crippen LogP contribution in [0.4, 0.5) is 0 Å². The van der Waals surface area contributed by atoms with E-state index >= 15 is 0 Å². The highest BCUT2D eigenvalue weighted by molar-refractivity contribution is 6.37. The van der Waals surface area contributed by atoms with Crippen LogP contribution < -0.4 is 4.74 Å². The number of benzene rings is 3. The normalized spacial score (nSPS) is 10.6. The van der Waals surface area contributed by atoms with Crippen LogP contribution in [0.3, 0.4) is 0 Å². The van der Waals surface area contributed by atoms with Gasteiger partial charge < -0.3 is 4.74 Å². The minimum Gasteiger partial charge on any atom is -0.496 e. The SMILES string of the molecule is COc1ccc(Cl)c2c(-c3ccccc3)cccc12. The molecule has 0 amide bonds. The predicted molar refractivity (Wildman–Crippen MR) is 80.9 cm³/mol. The van der Waals surface area contributed by atoms with Gasteiger partial charge in [0.1, 0.15) is 5.75 Å². The van der Waals surface area contributed by atoms with E-state index in [0.717, 1.165) is 32.7 Å². The predicted octanol–water partition coefficient (Wildman–Crippen LogP) is 5.17. The van der Waals surface area contributed by atoms with Gasteiger partial charge in [0, 0.05) is 15.8 Å². The van der Waals surface area contributed by atoms with Gasteiger partial charge >= 0.3 is 0 Å². The highest BCUT2D eigenvalue weighted by Crippen LogP contribution is 2.38. The second kappa shape index (κ2) is 4.94. The van der Waals surface area contributed by atoms with Gasteiger partial charge in [0.05, 0.1) is 7.11 Å². The van der Waals surface area contributed by atoms with Crippen LogP contribution in [0.15, 0.2) is 60.7 Å². The average molecular weight is 269 g/mol. The van der Waals surface area contributed by atoms with E-state index in [2.05, 4.69) is 18.2 Å². The lowest BCUT2D eigenvalue weighted by molar-refractivity contribution is 0.420. The molecule has 0 heterocycles. The maximum Gasteiger partial charge on any atom is 0.126 e. The van der Waals surface area contributed by atoms with Gasteiger partial charge in [-0.25, -0.2) is 0 Å². The molecule has 0 atom stereocenters. The molecule has 0 fully saturated rings. The number of rotatable bonds is 2. The average Bonchev–Trinajstić information content (AvgIpc) is 2.48. The zero-order chi connectivity index (χ0) is 13.2. The Hall–Kier alpha value is -1.99. The molecule has 0 bridgehead atoms. The minimum atomic E-state index is 0.746. The second-order valence-corrected chi connectivity index (χ2v) is 4.75. The summed E-state index contributed by atoms with van der Waals surface area (Å²) in [6, 6.07) is 20.2.